The van der Waals surface area contributed by atoms with Crippen molar-refractivity contribution in [1.29, 1.82) is 0 Å². The maximum atomic E-state index is 5.40. The minimum Gasteiger partial charge on any atom is -0.493 e. The quantitative estimate of drug-likeness (QED) is 0.735. The minimum absolute atomic E-state index is 0.655. The number of hydrogen-bond acceptors (Lipinski definition) is 5. The smallest absolute Gasteiger partial charge is 0.162 e. The molecule has 2 aromatic carbocycles. The van der Waals surface area contributed by atoms with Crippen molar-refractivity contribution in [3.8, 4) is 11.5 Å². The van der Waals surface area contributed by atoms with Gasteiger partial charge in [0.2, 0.25) is 0 Å². The molecule has 0 aliphatic rings. The first-order valence-corrected chi connectivity index (χ1v) is 7.31. The average molecular weight is 309 g/mol. The van der Waals surface area contributed by atoms with E-state index in [9.17, 15) is 0 Å². The number of hydrogen-bond donors (Lipinski definition) is 0. The third-order valence-corrected chi connectivity index (χ3v) is 3.86. The molecule has 0 N–H and O–H groups in total. The minimum atomic E-state index is 0.655. The number of nitrogens with zero attached hydrogens (tertiary/aromatic N) is 3. The Hall–Kier alpha value is -2.82. The summed E-state index contributed by atoms with van der Waals surface area (Å²) in [4.78, 5) is 10.8. The van der Waals surface area contributed by atoms with Gasteiger partial charge in [0.1, 0.15) is 12.1 Å². The van der Waals surface area contributed by atoms with Crippen LogP contribution in [0.4, 0.5) is 11.5 Å². The first kappa shape index (κ1) is 15.1. The van der Waals surface area contributed by atoms with Crippen molar-refractivity contribution >= 4 is 22.4 Å². The molecule has 0 saturated carbocycles. The lowest BCUT2D eigenvalue weighted by Gasteiger charge is -2.20. The Morgan fingerprint density at radius 1 is 0.913 bits per heavy atom. The van der Waals surface area contributed by atoms with Gasteiger partial charge in [-0.2, -0.15) is 0 Å². The van der Waals surface area contributed by atoms with E-state index < -0.39 is 0 Å². The predicted molar refractivity (Wildman–Crippen MR) is 91.9 cm³/mol. The van der Waals surface area contributed by atoms with Gasteiger partial charge >= 0.3 is 0 Å². The fraction of sp³-hybridized carbons (Fsp3) is 0.222. The number of anilines is 2. The van der Waals surface area contributed by atoms with Crippen molar-refractivity contribution in [2.45, 2.75) is 6.92 Å². The molecule has 3 rings (SSSR count). The molecule has 0 amide bonds. The van der Waals surface area contributed by atoms with Crippen molar-refractivity contribution in [3.63, 3.8) is 0 Å². The van der Waals surface area contributed by atoms with Gasteiger partial charge in [0, 0.05) is 24.2 Å². The number of fused-ring (bicyclic) bond motifs is 1. The highest BCUT2D eigenvalue weighted by Crippen LogP contribution is 2.36. The van der Waals surface area contributed by atoms with Crippen molar-refractivity contribution in [2.24, 2.45) is 0 Å². The van der Waals surface area contributed by atoms with Crippen LogP contribution >= 0.6 is 0 Å². The molecule has 0 atom stereocenters. The van der Waals surface area contributed by atoms with Gasteiger partial charge in [-0.1, -0.05) is 17.7 Å². The molecule has 0 spiro atoms. The van der Waals surface area contributed by atoms with Crippen molar-refractivity contribution < 1.29 is 9.47 Å². The molecule has 5 heteroatoms. The lowest BCUT2D eigenvalue weighted by atomic mass is 10.1. The second kappa shape index (κ2) is 6.12. The highest BCUT2D eigenvalue weighted by Gasteiger charge is 2.14. The van der Waals surface area contributed by atoms with Gasteiger partial charge in [-0.05, 0) is 25.1 Å². The van der Waals surface area contributed by atoms with Crippen LogP contribution in [0.3, 0.4) is 0 Å². The number of rotatable bonds is 4. The molecule has 0 unspecified atom stereocenters. The van der Waals surface area contributed by atoms with Crippen molar-refractivity contribution in [1.82, 2.24) is 9.97 Å². The van der Waals surface area contributed by atoms with E-state index in [2.05, 4.69) is 41.2 Å². The summed E-state index contributed by atoms with van der Waals surface area (Å²) in [6.07, 6.45) is 1.56. The Kier molecular flexibility index (Phi) is 4.02. The Labute approximate surface area is 135 Å². The zero-order valence-corrected chi connectivity index (χ0v) is 13.7. The molecule has 1 heterocycles. The summed E-state index contributed by atoms with van der Waals surface area (Å²) in [7, 11) is 5.23. The molecule has 0 fully saturated rings. The monoisotopic (exact) mass is 309 g/mol. The number of methoxy groups -OCH3 is 2. The summed E-state index contributed by atoms with van der Waals surface area (Å²) >= 11 is 0. The molecule has 0 aliphatic carbocycles. The number of ether oxygens (including phenoxy) is 2. The summed E-state index contributed by atoms with van der Waals surface area (Å²) in [5.41, 5.74) is 3.10. The summed E-state index contributed by atoms with van der Waals surface area (Å²) in [6, 6.07) is 12.1. The normalized spacial score (nSPS) is 10.6. The molecule has 0 saturated heterocycles. The molecule has 3 aromatic rings. The SMILES string of the molecule is COc1cc2ncnc(N(C)c3ccc(C)cc3)c2cc1OC. The average Bonchev–Trinajstić information content (AvgIpc) is 2.60. The van der Waals surface area contributed by atoms with E-state index in [4.69, 9.17) is 9.47 Å². The van der Waals surface area contributed by atoms with Crippen LogP contribution in [0.15, 0.2) is 42.7 Å². The second-order valence-electron chi connectivity index (χ2n) is 5.32. The molecule has 0 aliphatic heterocycles. The molecule has 1 aromatic heterocycles. The van der Waals surface area contributed by atoms with Crippen LogP contribution in [0, 0.1) is 6.92 Å². The largest absolute Gasteiger partial charge is 0.493 e. The van der Waals surface area contributed by atoms with Crippen LogP contribution < -0.4 is 14.4 Å². The first-order chi connectivity index (χ1) is 11.1. The first-order valence-electron chi connectivity index (χ1n) is 7.31. The van der Waals surface area contributed by atoms with Gasteiger partial charge in [0.25, 0.3) is 0 Å². The number of aryl methyl sites for hydroxylation is 1. The third kappa shape index (κ3) is 2.77. The number of aromatic nitrogens is 2. The number of benzene rings is 2. The van der Waals surface area contributed by atoms with E-state index in [1.165, 1.54) is 5.56 Å². The van der Waals surface area contributed by atoms with Gasteiger partial charge in [-0.25, -0.2) is 9.97 Å². The summed E-state index contributed by atoms with van der Waals surface area (Å²) < 4.78 is 10.7. The van der Waals surface area contributed by atoms with Crippen LogP contribution in [0.2, 0.25) is 0 Å². The Balaban J connectivity index is 2.15. The highest BCUT2D eigenvalue weighted by molar-refractivity contribution is 5.93. The summed E-state index contributed by atoms with van der Waals surface area (Å²) in [5, 5.41) is 0.910. The fourth-order valence-electron chi connectivity index (χ4n) is 2.53. The van der Waals surface area contributed by atoms with Gasteiger partial charge in [-0.15, -0.1) is 0 Å². The van der Waals surface area contributed by atoms with E-state index in [1.807, 2.05) is 24.1 Å². The molecular formula is C18H19N3O2. The van der Waals surface area contributed by atoms with Crippen LogP contribution in [0.5, 0.6) is 11.5 Å². The van der Waals surface area contributed by atoms with Crippen molar-refractivity contribution in [2.75, 3.05) is 26.2 Å². The Morgan fingerprint density at radius 3 is 2.22 bits per heavy atom. The topological polar surface area (TPSA) is 47.5 Å². The Morgan fingerprint density at radius 2 is 1.57 bits per heavy atom. The lowest BCUT2D eigenvalue weighted by molar-refractivity contribution is 0.356. The van der Waals surface area contributed by atoms with E-state index in [0.29, 0.717) is 11.5 Å². The van der Waals surface area contributed by atoms with Crippen LogP contribution in [-0.4, -0.2) is 31.2 Å². The van der Waals surface area contributed by atoms with Crippen LogP contribution in [0.1, 0.15) is 5.56 Å². The zero-order chi connectivity index (χ0) is 16.4. The maximum absolute atomic E-state index is 5.40. The molecule has 0 bridgehead atoms. The summed E-state index contributed by atoms with van der Waals surface area (Å²) in [5.74, 6) is 2.14. The lowest BCUT2D eigenvalue weighted by Crippen LogP contribution is -2.12. The van der Waals surface area contributed by atoms with Crippen LogP contribution in [0.25, 0.3) is 10.9 Å². The zero-order valence-electron chi connectivity index (χ0n) is 13.7. The standard InChI is InChI=1S/C18H19N3O2/c1-12-5-7-13(8-6-12)21(2)18-14-9-16(22-3)17(23-4)10-15(14)19-11-20-18/h5-11H,1-4H3. The molecule has 118 valence electrons. The van der Waals surface area contributed by atoms with E-state index in [1.54, 1.807) is 20.5 Å². The van der Waals surface area contributed by atoms with E-state index in [-0.39, 0.29) is 0 Å². The molecular weight excluding hydrogens is 290 g/mol. The van der Waals surface area contributed by atoms with Crippen LogP contribution in [-0.2, 0) is 0 Å². The van der Waals surface area contributed by atoms with E-state index in [0.717, 1.165) is 22.4 Å². The second-order valence-corrected chi connectivity index (χ2v) is 5.32. The van der Waals surface area contributed by atoms with Crippen molar-refractivity contribution in [3.05, 3.63) is 48.3 Å². The molecule has 23 heavy (non-hydrogen) atoms. The maximum Gasteiger partial charge on any atom is 0.162 e. The van der Waals surface area contributed by atoms with Gasteiger partial charge in [0.15, 0.2) is 11.5 Å². The highest BCUT2D eigenvalue weighted by atomic mass is 16.5. The van der Waals surface area contributed by atoms with Gasteiger partial charge < -0.3 is 14.4 Å². The fourth-order valence-corrected chi connectivity index (χ4v) is 2.53. The Bertz CT molecular complexity index is 832. The van der Waals surface area contributed by atoms with Gasteiger partial charge in [-0.3, -0.25) is 0 Å². The molecule has 0 radical (unpaired) electrons. The third-order valence-electron chi connectivity index (χ3n) is 3.86. The summed E-state index contributed by atoms with van der Waals surface area (Å²) in [6.45, 7) is 2.07. The molecule has 5 nitrogen and oxygen atoms in total. The van der Waals surface area contributed by atoms with Gasteiger partial charge in [0.05, 0.1) is 19.7 Å². The van der Waals surface area contributed by atoms with E-state index >= 15 is 0 Å². The predicted octanol–water partition coefficient (Wildman–Crippen LogP) is 3.72.